The standard InChI is InChI=1S/C15H19N3O2/c1-10-8-14(16-3)13(9-17-10)15(19)18-11(2)7-12-5-4-6-20-12/h4-6,8-9,11H,7H2,1-3H3,(H,16,17)(H,18,19). The number of carbonyl (C=O) groups is 1. The van der Waals surface area contributed by atoms with Crippen LogP contribution in [0.3, 0.4) is 0 Å². The summed E-state index contributed by atoms with van der Waals surface area (Å²) in [6.45, 7) is 3.84. The molecule has 2 heterocycles. The zero-order valence-electron chi connectivity index (χ0n) is 11.9. The van der Waals surface area contributed by atoms with Gasteiger partial charge in [0, 0.05) is 31.4 Å². The molecule has 0 aliphatic rings. The molecule has 1 amide bonds. The molecule has 0 saturated heterocycles. The highest BCUT2D eigenvalue weighted by atomic mass is 16.3. The van der Waals surface area contributed by atoms with E-state index in [1.807, 2.05) is 32.0 Å². The minimum atomic E-state index is -0.138. The van der Waals surface area contributed by atoms with Crippen molar-refractivity contribution in [1.82, 2.24) is 10.3 Å². The number of amides is 1. The Hall–Kier alpha value is -2.30. The lowest BCUT2D eigenvalue weighted by atomic mass is 10.1. The third-order valence-corrected chi connectivity index (χ3v) is 3.02. The summed E-state index contributed by atoms with van der Waals surface area (Å²) in [5, 5.41) is 5.97. The van der Waals surface area contributed by atoms with Crippen LogP contribution in [0.4, 0.5) is 5.69 Å². The van der Waals surface area contributed by atoms with Crippen molar-refractivity contribution in [2.45, 2.75) is 26.3 Å². The predicted molar refractivity (Wildman–Crippen MR) is 77.9 cm³/mol. The van der Waals surface area contributed by atoms with Gasteiger partial charge in [-0.15, -0.1) is 0 Å². The van der Waals surface area contributed by atoms with Crippen LogP contribution in [0.2, 0.25) is 0 Å². The van der Waals surface area contributed by atoms with Crippen LogP contribution in [0, 0.1) is 6.92 Å². The van der Waals surface area contributed by atoms with Crippen molar-refractivity contribution in [3.8, 4) is 0 Å². The Bertz CT molecular complexity index is 579. The monoisotopic (exact) mass is 273 g/mol. The average Bonchev–Trinajstić information content (AvgIpc) is 2.90. The zero-order valence-corrected chi connectivity index (χ0v) is 11.9. The number of carbonyl (C=O) groups excluding carboxylic acids is 1. The quantitative estimate of drug-likeness (QED) is 0.877. The number of nitrogens with one attached hydrogen (secondary N) is 2. The molecule has 0 radical (unpaired) electrons. The van der Waals surface area contributed by atoms with Gasteiger partial charge in [-0.25, -0.2) is 0 Å². The summed E-state index contributed by atoms with van der Waals surface area (Å²) in [5.74, 6) is 0.717. The maximum absolute atomic E-state index is 12.3. The highest BCUT2D eigenvalue weighted by molar-refractivity contribution is 5.99. The van der Waals surface area contributed by atoms with E-state index in [-0.39, 0.29) is 11.9 Å². The van der Waals surface area contributed by atoms with Crippen LogP contribution >= 0.6 is 0 Å². The fourth-order valence-corrected chi connectivity index (χ4v) is 2.03. The predicted octanol–water partition coefficient (Wildman–Crippen LogP) is 2.39. The minimum absolute atomic E-state index is 0.0142. The molecule has 0 saturated carbocycles. The molecule has 2 aromatic heterocycles. The number of pyridine rings is 1. The second-order valence-electron chi connectivity index (χ2n) is 4.78. The highest BCUT2D eigenvalue weighted by Gasteiger charge is 2.15. The minimum Gasteiger partial charge on any atom is -0.469 e. The molecule has 0 spiro atoms. The number of furan rings is 1. The number of hydrogen-bond donors (Lipinski definition) is 2. The molecule has 5 heteroatoms. The lowest BCUT2D eigenvalue weighted by Gasteiger charge is -2.14. The molecule has 0 aliphatic heterocycles. The second kappa shape index (κ2) is 6.23. The topological polar surface area (TPSA) is 67.2 Å². The molecule has 106 valence electrons. The van der Waals surface area contributed by atoms with Gasteiger partial charge in [0.25, 0.3) is 5.91 Å². The number of aromatic nitrogens is 1. The molecular formula is C15H19N3O2. The summed E-state index contributed by atoms with van der Waals surface area (Å²) in [5.41, 5.74) is 2.19. The van der Waals surface area contributed by atoms with Gasteiger partial charge in [0.1, 0.15) is 5.76 Å². The van der Waals surface area contributed by atoms with Crippen molar-refractivity contribution in [2.24, 2.45) is 0 Å². The van der Waals surface area contributed by atoms with Crippen LogP contribution in [-0.2, 0) is 6.42 Å². The van der Waals surface area contributed by atoms with Gasteiger partial charge < -0.3 is 15.1 Å². The first kappa shape index (κ1) is 14.1. The van der Waals surface area contributed by atoms with Crippen LogP contribution < -0.4 is 10.6 Å². The average molecular weight is 273 g/mol. The molecule has 0 bridgehead atoms. The Labute approximate surface area is 118 Å². The second-order valence-corrected chi connectivity index (χ2v) is 4.78. The fraction of sp³-hybridized carbons (Fsp3) is 0.333. The summed E-state index contributed by atoms with van der Waals surface area (Å²) < 4.78 is 5.28. The number of anilines is 1. The molecule has 2 aromatic rings. The molecule has 2 N–H and O–H groups in total. The Morgan fingerprint density at radius 1 is 1.50 bits per heavy atom. The molecule has 20 heavy (non-hydrogen) atoms. The summed E-state index contributed by atoms with van der Waals surface area (Å²) in [6.07, 6.45) is 3.88. The maximum Gasteiger partial charge on any atom is 0.255 e. The van der Waals surface area contributed by atoms with Gasteiger partial charge in [-0.3, -0.25) is 9.78 Å². The molecule has 2 rings (SSSR count). The first-order valence-corrected chi connectivity index (χ1v) is 6.57. The van der Waals surface area contributed by atoms with E-state index >= 15 is 0 Å². The lowest BCUT2D eigenvalue weighted by molar-refractivity contribution is 0.0939. The number of nitrogens with zero attached hydrogens (tertiary/aromatic N) is 1. The molecular weight excluding hydrogens is 254 g/mol. The van der Waals surface area contributed by atoms with Gasteiger partial charge in [-0.2, -0.15) is 0 Å². The van der Waals surface area contributed by atoms with Gasteiger partial charge in [0.2, 0.25) is 0 Å². The third-order valence-electron chi connectivity index (χ3n) is 3.02. The normalized spacial score (nSPS) is 11.9. The summed E-state index contributed by atoms with van der Waals surface area (Å²) in [6, 6.07) is 5.58. The summed E-state index contributed by atoms with van der Waals surface area (Å²) in [7, 11) is 1.79. The fourth-order valence-electron chi connectivity index (χ4n) is 2.03. The van der Waals surface area contributed by atoms with Crippen molar-refractivity contribution in [2.75, 3.05) is 12.4 Å². The van der Waals surface area contributed by atoms with Crippen molar-refractivity contribution in [3.05, 3.63) is 47.7 Å². The van der Waals surface area contributed by atoms with Crippen molar-refractivity contribution in [3.63, 3.8) is 0 Å². The van der Waals surface area contributed by atoms with E-state index < -0.39 is 0 Å². The van der Waals surface area contributed by atoms with Gasteiger partial charge in [0.05, 0.1) is 17.5 Å². The van der Waals surface area contributed by atoms with E-state index in [0.717, 1.165) is 17.1 Å². The van der Waals surface area contributed by atoms with Crippen LogP contribution in [0.15, 0.2) is 35.1 Å². The smallest absolute Gasteiger partial charge is 0.255 e. The molecule has 1 atom stereocenters. The SMILES string of the molecule is CNc1cc(C)ncc1C(=O)NC(C)Cc1ccco1. The van der Waals surface area contributed by atoms with Crippen LogP contribution in [-0.4, -0.2) is 24.0 Å². The van der Waals surface area contributed by atoms with E-state index in [4.69, 9.17) is 4.42 Å². The van der Waals surface area contributed by atoms with Gasteiger partial charge in [-0.1, -0.05) is 0 Å². The first-order valence-electron chi connectivity index (χ1n) is 6.57. The molecule has 0 aromatic carbocycles. The van der Waals surface area contributed by atoms with Gasteiger partial charge in [-0.05, 0) is 32.0 Å². The number of hydrogen-bond acceptors (Lipinski definition) is 4. The first-order chi connectivity index (χ1) is 9.60. The Kier molecular flexibility index (Phi) is 4.40. The Morgan fingerprint density at radius 2 is 2.30 bits per heavy atom. The summed E-state index contributed by atoms with van der Waals surface area (Å²) in [4.78, 5) is 16.4. The number of aryl methyl sites for hydroxylation is 1. The van der Waals surface area contributed by atoms with E-state index in [1.165, 1.54) is 0 Å². The zero-order chi connectivity index (χ0) is 14.5. The number of rotatable bonds is 5. The van der Waals surface area contributed by atoms with Gasteiger partial charge in [0.15, 0.2) is 0 Å². The van der Waals surface area contributed by atoms with Crippen molar-refractivity contribution < 1.29 is 9.21 Å². The lowest BCUT2D eigenvalue weighted by Crippen LogP contribution is -2.34. The largest absolute Gasteiger partial charge is 0.469 e. The van der Waals surface area contributed by atoms with Crippen molar-refractivity contribution in [1.29, 1.82) is 0 Å². The molecule has 0 aliphatic carbocycles. The summed E-state index contributed by atoms with van der Waals surface area (Å²) >= 11 is 0. The highest BCUT2D eigenvalue weighted by Crippen LogP contribution is 2.15. The van der Waals surface area contributed by atoms with Crippen molar-refractivity contribution >= 4 is 11.6 Å². The maximum atomic E-state index is 12.3. The molecule has 5 nitrogen and oxygen atoms in total. The Morgan fingerprint density at radius 3 is 2.95 bits per heavy atom. The Balaban J connectivity index is 2.04. The molecule has 1 unspecified atom stereocenters. The van der Waals surface area contributed by atoms with E-state index in [2.05, 4.69) is 15.6 Å². The van der Waals surface area contributed by atoms with Crippen LogP contribution in [0.25, 0.3) is 0 Å². The van der Waals surface area contributed by atoms with E-state index in [9.17, 15) is 4.79 Å². The van der Waals surface area contributed by atoms with Gasteiger partial charge >= 0.3 is 0 Å². The van der Waals surface area contributed by atoms with Crippen LogP contribution in [0.1, 0.15) is 28.7 Å². The van der Waals surface area contributed by atoms with E-state index in [0.29, 0.717) is 12.0 Å². The third kappa shape index (κ3) is 3.38. The van der Waals surface area contributed by atoms with Crippen LogP contribution in [0.5, 0.6) is 0 Å². The molecule has 0 fully saturated rings. The van der Waals surface area contributed by atoms with E-state index in [1.54, 1.807) is 19.5 Å².